The van der Waals surface area contributed by atoms with Crippen molar-refractivity contribution in [3.05, 3.63) is 41.5 Å². The van der Waals surface area contributed by atoms with E-state index in [0.29, 0.717) is 0 Å². The van der Waals surface area contributed by atoms with Gasteiger partial charge in [-0.1, -0.05) is 42.0 Å². The number of hydrogen-bond acceptors (Lipinski definition) is 3. The first kappa shape index (κ1) is 15.5. The Bertz CT molecular complexity index is 522. The average molecular weight is 291 g/mol. The molecule has 0 radical (unpaired) electrons. The maximum atomic E-state index is 10.8. The molecule has 0 bridgehead atoms. The van der Waals surface area contributed by atoms with Gasteiger partial charge in [0.15, 0.2) is 5.79 Å². The Labute approximate surface area is 124 Å². The maximum Gasteiger partial charge on any atom is 0.405 e. The van der Waals surface area contributed by atoms with Gasteiger partial charge >= 0.3 is 6.09 Å². The van der Waals surface area contributed by atoms with E-state index >= 15 is 0 Å². The molecule has 2 rings (SSSR count). The van der Waals surface area contributed by atoms with Crippen molar-refractivity contribution in [1.29, 1.82) is 0 Å². The van der Waals surface area contributed by atoms with Gasteiger partial charge in [0.05, 0.1) is 12.6 Å². The van der Waals surface area contributed by atoms with Crippen LogP contribution in [0.2, 0.25) is 0 Å². The monoisotopic (exact) mass is 291 g/mol. The molecule has 21 heavy (non-hydrogen) atoms. The molecule has 0 aliphatic carbocycles. The minimum Gasteiger partial charge on any atom is -0.465 e. The second kappa shape index (κ2) is 6.28. The summed E-state index contributed by atoms with van der Waals surface area (Å²) < 4.78 is 11.3. The molecule has 1 aromatic rings. The summed E-state index contributed by atoms with van der Waals surface area (Å²) in [6.45, 7) is 5.94. The predicted molar refractivity (Wildman–Crippen MR) is 80.1 cm³/mol. The number of carboxylic acid groups (broad SMARTS) is 1. The molecular formula is C16H21NO4. The average Bonchev–Trinajstić information content (AvgIpc) is 2.40. The van der Waals surface area contributed by atoms with Crippen LogP contribution in [0, 0.1) is 6.92 Å². The molecule has 0 aromatic heterocycles. The third-order valence-electron chi connectivity index (χ3n) is 3.29. The van der Waals surface area contributed by atoms with E-state index < -0.39 is 17.9 Å². The Hall–Kier alpha value is -1.85. The fourth-order valence-corrected chi connectivity index (χ4v) is 2.17. The van der Waals surface area contributed by atoms with E-state index in [9.17, 15) is 4.79 Å². The van der Waals surface area contributed by atoms with Crippen LogP contribution in [0.3, 0.4) is 0 Å². The molecule has 5 heteroatoms. The van der Waals surface area contributed by atoms with E-state index in [4.69, 9.17) is 14.6 Å². The van der Waals surface area contributed by atoms with Crippen LogP contribution in [0.5, 0.6) is 0 Å². The molecule has 5 nitrogen and oxygen atoms in total. The van der Waals surface area contributed by atoms with Gasteiger partial charge in [-0.15, -0.1) is 0 Å². The summed E-state index contributed by atoms with van der Waals surface area (Å²) >= 11 is 0. The number of amides is 1. The summed E-state index contributed by atoms with van der Waals surface area (Å²) in [4.78, 5) is 10.8. The molecule has 1 aromatic carbocycles. The molecule has 1 unspecified atom stereocenters. The van der Waals surface area contributed by atoms with Crippen LogP contribution in [0.4, 0.5) is 4.79 Å². The first-order chi connectivity index (χ1) is 9.85. The fourth-order valence-electron chi connectivity index (χ4n) is 2.17. The molecule has 1 amide bonds. The van der Waals surface area contributed by atoms with Crippen molar-refractivity contribution in [2.75, 3.05) is 6.61 Å². The number of carbonyl (C=O) groups is 1. The first-order valence-corrected chi connectivity index (χ1v) is 6.92. The topological polar surface area (TPSA) is 67.8 Å². The number of nitrogens with one attached hydrogen (secondary N) is 1. The predicted octanol–water partition coefficient (Wildman–Crippen LogP) is 2.80. The maximum absolute atomic E-state index is 10.8. The lowest BCUT2D eigenvalue weighted by molar-refractivity contribution is -0.271. The lowest BCUT2D eigenvalue weighted by Gasteiger charge is -2.39. The molecule has 1 aliphatic rings. The summed E-state index contributed by atoms with van der Waals surface area (Å²) in [5.41, 5.74) is 2.24. The number of hydrogen-bond donors (Lipinski definition) is 2. The zero-order chi connectivity index (χ0) is 15.5. The Morgan fingerprint density at radius 1 is 1.38 bits per heavy atom. The third kappa shape index (κ3) is 4.58. The quantitative estimate of drug-likeness (QED) is 0.898. The molecule has 0 saturated carbocycles. The van der Waals surface area contributed by atoms with Crippen LogP contribution in [0.1, 0.15) is 25.0 Å². The van der Waals surface area contributed by atoms with Crippen LogP contribution in [-0.4, -0.2) is 35.7 Å². The lowest BCUT2D eigenvalue weighted by atomic mass is 10.1. The van der Waals surface area contributed by atoms with Gasteiger partial charge in [-0.3, -0.25) is 0 Å². The van der Waals surface area contributed by atoms with Crippen molar-refractivity contribution in [2.24, 2.45) is 0 Å². The number of ether oxygens (including phenoxy) is 2. The summed E-state index contributed by atoms with van der Waals surface area (Å²) in [6, 6.07) is 7.66. The Morgan fingerprint density at radius 3 is 2.67 bits per heavy atom. The Kier molecular flexibility index (Phi) is 4.65. The molecule has 1 heterocycles. The largest absolute Gasteiger partial charge is 0.465 e. The highest BCUT2D eigenvalue weighted by molar-refractivity contribution is 5.65. The van der Waals surface area contributed by atoms with Gasteiger partial charge in [0.1, 0.15) is 6.10 Å². The standard InChI is InChI=1S/C16H21NO4/c1-11-4-6-12(7-5-11)8-9-14-13(17-15(18)19)10-20-16(2,3)21-14/h4-9,13-14,17H,10H2,1-3H3,(H,18,19)/t13?,14-/m1/s1. The second-order valence-electron chi connectivity index (χ2n) is 5.62. The molecule has 0 spiro atoms. The van der Waals surface area contributed by atoms with Gasteiger partial charge in [0, 0.05) is 0 Å². The van der Waals surface area contributed by atoms with Gasteiger partial charge < -0.3 is 19.9 Å². The molecule has 2 N–H and O–H groups in total. The smallest absolute Gasteiger partial charge is 0.405 e. The van der Waals surface area contributed by atoms with Crippen LogP contribution in [-0.2, 0) is 9.47 Å². The molecule has 1 aliphatic heterocycles. The highest BCUT2D eigenvalue weighted by atomic mass is 16.7. The Morgan fingerprint density at radius 2 is 2.05 bits per heavy atom. The van der Waals surface area contributed by atoms with E-state index in [0.717, 1.165) is 5.56 Å². The Balaban J connectivity index is 2.11. The molecule has 1 saturated heterocycles. The minimum atomic E-state index is -1.08. The van der Waals surface area contributed by atoms with Crippen molar-refractivity contribution < 1.29 is 19.4 Å². The van der Waals surface area contributed by atoms with Crippen LogP contribution < -0.4 is 5.32 Å². The van der Waals surface area contributed by atoms with E-state index in [1.54, 1.807) is 0 Å². The summed E-state index contributed by atoms with van der Waals surface area (Å²) in [5, 5.41) is 11.3. The van der Waals surface area contributed by atoms with Crippen LogP contribution in [0.25, 0.3) is 6.08 Å². The van der Waals surface area contributed by atoms with Crippen LogP contribution >= 0.6 is 0 Å². The third-order valence-corrected chi connectivity index (χ3v) is 3.29. The van der Waals surface area contributed by atoms with E-state index in [1.807, 2.05) is 57.2 Å². The minimum absolute atomic E-state index is 0.280. The van der Waals surface area contributed by atoms with E-state index in [1.165, 1.54) is 5.56 Å². The lowest BCUT2D eigenvalue weighted by Crippen LogP contribution is -2.55. The van der Waals surface area contributed by atoms with Gasteiger partial charge in [-0.05, 0) is 26.3 Å². The van der Waals surface area contributed by atoms with Gasteiger partial charge in [-0.25, -0.2) is 4.79 Å². The first-order valence-electron chi connectivity index (χ1n) is 6.92. The number of rotatable bonds is 3. The van der Waals surface area contributed by atoms with E-state index in [2.05, 4.69) is 5.32 Å². The summed E-state index contributed by atoms with van der Waals surface area (Å²) in [5.74, 6) is -0.723. The summed E-state index contributed by atoms with van der Waals surface area (Å²) in [7, 11) is 0. The SMILES string of the molecule is Cc1ccc(C=C[C@H]2OC(C)(C)OCC2NC(=O)O)cc1. The van der Waals surface area contributed by atoms with Gasteiger partial charge in [-0.2, -0.15) is 0 Å². The zero-order valence-corrected chi connectivity index (χ0v) is 12.5. The van der Waals surface area contributed by atoms with Crippen molar-refractivity contribution >= 4 is 12.2 Å². The highest BCUT2D eigenvalue weighted by Gasteiger charge is 2.35. The van der Waals surface area contributed by atoms with E-state index in [-0.39, 0.29) is 12.7 Å². The number of benzene rings is 1. The zero-order valence-electron chi connectivity index (χ0n) is 12.5. The summed E-state index contributed by atoms with van der Waals surface area (Å²) in [6.07, 6.45) is 2.35. The van der Waals surface area contributed by atoms with Crippen molar-refractivity contribution in [1.82, 2.24) is 5.32 Å². The molecular weight excluding hydrogens is 270 g/mol. The van der Waals surface area contributed by atoms with Gasteiger partial charge in [0.2, 0.25) is 0 Å². The fraction of sp³-hybridized carbons (Fsp3) is 0.438. The van der Waals surface area contributed by atoms with Crippen molar-refractivity contribution in [3.8, 4) is 0 Å². The van der Waals surface area contributed by atoms with Crippen molar-refractivity contribution in [3.63, 3.8) is 0 Å². The molecule has 114 valence electrons. The molecule has 2 atom stereocenters. The molecule has 1 fully saturated rings. The van der Waals surface area contributed by atoms with Gasteiger partial charge in [0.25, 0.3) is 0 Å². The number of aryl methyl sites for hydroxylation is 1. The van der Waals surface area contributed by atoms with Crippen molar-refractivity contribution in [2.45, 2.75) is 38.7 Å². The normalized spacial score (nSPS) is 24.9. The second-order valence-corrected chi connectivity index (χ2v) is 5.62. The highest BCUT2D eigenvalue weighted by Crippen LogP contribution is 2.23. The van der Waals surface area contributed by atoms with Crippen LogP contribution in [0.15, 0.2) is 30.3 Å².